The number of benzene rings is 1. The molecule has 2 fully saturated rings. The zero-order valence-corrected chi connectivity index (χ0v) is 26.9. The Morgan fingerprint density at radius 2 is 1.79 bits per heavy atom. The van der Waals surface area contributed by atoms with E-state index in [0.29, 0.717) is 49.7 Å². The van der Waals surface area contributed by atoms with Crippen LogP contribution < -0.4 is 0 Å². The van der Waals surface area contributed by atoms with Crippen LogP contribution in [-0.4, -0.2) is 67.8 Å². The molecule has 0 aromatic heterocycles. The van der Waals surface area contributed by atoms with E-state index in [1.54, 1.807) is 26.0 Å². The van der Waals surface area contributed by atoms with Gasteiger partial charge in [-0.25, -0.2) is 4.79 Å². The van der Waals surface area contributed by atoms with Crippen molar-refractivity contribution in [3.05, 3.63) is 28.8 Å². The minimum absolute atomic E-state index is 0.0157. The van der Waals surface area contributed by atoms with Crippen molar-refractivity contribution in [1.29, 1.82) is 0 Å². The molecule has 0 saturated carbocycles. The number of aliphatic hydroxyl groups is 2. The highest BCUT2D eigenvalue weighted by Crippen LogP contribution is 2.48. The number of aromatic hydroxyl groups is 1. The number of carbonyl (C=O) groups is 2. The maximum atomic E-state index is 13.9. The molecule has 3 rings (SSSR count). The van der Waals surface area contributed by atoms with Gasteiger partial charge in [0.15, 0.2) is 0 Å². The van der Waals surface area contributed by atoms with Gasteiger partial charge < -0.3 is 29.9 Å². The number of carboxylic acids is 1. The van der Waals surface area contributed by atoms with Crippen LogP contribution in [0.1, 0.15) is 115 Å². The molecule has 238 valence electrons. The summed E-state index contributed by atoms with van der Waals surface area (Å²) in [6.07, 6.45) is 3.34. The van der Waals surface area contributed by atoms with Crippen molar-refractivity contribution in [3.8, 4) is 5.75 Å². The number of carbonyl (C=O) groups excluding carboxylic acids is 1. The van der Waals surface area contributed by atoms with Crippen molar-refractivity contribution in [2.75, 3.05) is 0 Å². The van der Waals surface area contributed by atoms with Gasteiger partial charge in [-0.1, -0.05) is 53.7 Å². The SMILES string of the molecule is CCC(C(=O)C(C)C(O)C(C)CCc1ccc(C)c(O)c1C(=O)O)C1OC(CC)(C2CC[C@@](O)(CC)C(C)O2)CC1C. The van der Waals surface area contributed by atoms with Crippen molar-refractivity contribution < 1.29 is 39.5 Å². The van der Waals surface area contributed by atoms with E-state index in [9.17, 15) is 30.0 Å². The normalized spacial score (nSPS) is 32.7. The lowest BCUT2D eigenvalue weighted by Crippen LogP contribution is -2.55. The first kappa shape index (κ1) is 34.5. The molecule has 0 amide bonds. The summed E-state index contributed by atoms with van der Waals surface area (Å²) < 4.78 is 13.2. The number of phenols is 1. The van der Waals surface area contributed by atoms with E-state index in [1.807, 2.05) is 27.7 Å². The van der Waals surface area contributed by atoms with E-state index in [1.165, 1.54) is 0 Å². The molecule has 10 atom stereocenters. The van der Waals surface area contributed by atoms with Gasteiger partial charge in [0.1, 0.15) is 17.1 Å². The van der Waals surface area contributed by atoms with Gasteiger partial charge in [0.05, 0.1) is 35.6 Å². The number of ketones is 1. The van der Waals surface area contributed by atoms with Crippen LogP contribution in [0.5, 0.6) is 5.75 Å². The molecular formula is C34H54O8. The number of hydrogen-bond acceptors (Lipinski definition) is 7. The van der Waals surface area contributed by atoms with Crippen LogP contribution in [0.4, 0.5) is 0 Å². The van der Waals surface area contributed by atoms with Crippen LogP contribution in [0.3, 0.4) is 0 Å². The maximum absolute atomic E-state index is 13.9. The summed E-state index contributed by atoms with van der Waals surface area (Å²) in [6.45, 7) is 15.4. The molecule has 2 heterocycles. The standard InChI is InChI=1S/C34H54O8/c1-9-25(31-21(6)18-34(11-3,42-31)26-16-17-33(40,10-2)23(8)41-26)30(37)22(7)28(35)19(4)12-14-24-15-13-20(5)29(36)27(24)32(38)39/h13,15,19,21-23,25-26,28,31,35-36,40H,9-12,14,16-18H2,1-8H3,(H,38,39)/t19?,21?,22?,23?,25?,26?,28?,31?,33-,34?/m0/s1. The molecule has 2 aliphatic rings. The van der Waals surface area contributed by atoms with Crippen LogP contribution in [0.15, 0.2) is 12.1 Å². The second-order valence-electron chi connectivity index (χ2n) is 13.2. The molecule has 8 nitrogen and oxygen atoms in total. The highest BCUT2D eigenvalue weighted by Gasteiger charge is 2.55. The number of rotatable bonds is 13. The molecule has 2 aliphatic heterocycles. The van der Waals surface area contributed by atoms with Crippen molar-refractivity contribution in [3.63, 3.8) is 0 Å². The topological polar surface area (TPSA) is 134 Å². The average Bonchev–Trinajstić information content (AvgIpc) is 3.31. The number of ether oxygens (including phenoxy) is 2. The number of hydrogen-bond donors (Lipinski definition) is 4. The van der Waals surface area contributed by atoms with E-state index >= 15 is 0 Å². The molecule has 0 radical (unpaired) electrons. The average molecular weight is 591 g/mol. The quantitative estimate of drug-likeness (QED) is 0.225. The summed E-state index contributed by atoms with van der Waals surface area (Å²) in [4.78, 5) is 25.7. The number of Topliss-reactive ketones (excluding diaryl/α,β-unsaturated/α-hetero) is 1. The van der Waals surface area contributed by atoms with Crippen molar-refractivity contribution in [2.24, 2.45) is 23.7 Å². The lowest BCUT2D eigenvalue weighted by molar-refractivity contribution is -0.229. The molecular weight excluding hydrogens is 536 g/mol. The third kappa shape index (κ3) is 6.72. The maximum Gasteiger partial charge on any atom is 0.339 e. The van der Waals surface area contributed by atoms with Gasteiger partial charge in [-0.3, -0.25) is 4.79 Å². The smallest absolute Gasteiger partial charge is 0.339 e. The van der Waals surface area contributed by atoms with Crippen LogP contribution in [0.25, 0.3) is 0 Å². The Morgan fingerprint density at radius 1 is 1.12 bits per heavy atom. The number of aromatic carboxylic acids is 1. The van der Waals surface area contributed by atoms with Crippen LogP contribution in [0.2, 0.25) is 0 Å². The fraction of sp³-hybridized carbons (Fsp3) is 0.765. The summed E-state index contributed by atoms with van der Waals surface area (Å²) in [5, 5.41) is 42.1. The largest absolute Gasteiger partial charge is 0.507 e. The number of aliphatic hydroxyl groups excluding tert-OH is 1. The first-order valence-electron chi connectivity index (χ1n) is 16.0. The molecule has 0 aliphatic carbocycles. The lowest BCUT2D eigenvalue weighted by atomic mass is 9.76. The minimum atomic E-state index is -1.18. The van der Waals surface area contributed by atoms with Gasteiger partial charge in [-0.15, -0.1) is 0 Å². The van der Waals surface area contributed by atoms with E-state index in [2.05, 4.69) is 13.8 Å². The Morgan fingerprint density at radius 3 is 2.33 bits per heavy atom. The third-order valence-corrected chi connectivity index (χ3v) is 10.7. The highest BCUT2D eigenvalue weighted by atomic mass is 16.6. The van der Waals surface area contributed by atoms with Crippen LogP contribution >= 0.6 is 0 Å². The molecule has 42 heavy (non-hydrogen) atoms. The van der Waals surface area contributed by atoms with Gasteiger partial charge in [-0.2, -0.15) is 0 Å². The van der Waals surface area contributed by atoms with Gasteiger partial charge in [0.25, 0.3) is 0 Å². The van der Waals surface area contributed by atoms with Crippen molar-refractivity contribution in [2.45, 2.75) is 142 Å². The van der Waals surface area contributed by atoms with Gasteiger partial charge in [0, 0.05) is 11.8 Å². The summed E-state index contributed by atoms with van der Waals surface area (Å²) >= 11 is 0. The second kappa shape index (κ2) is 13.7. The lowest BCUT2D eigenvalue weighted by Gasteiger charge is -2.47. The van der Waals surface area contributed by atoms with Gasteiger partial charge in [0.2, 0.25) is 0 Å². The Balaban J connectivity index is 1.69. The summed E-state index contributed by atoms with van der Waals surface area (Å²) in [5.41, 5.74) is -0.437. The Bertz CT molecular complexity index is 1100. The zero-order valence-electron chi connectivity index (χ0n) is 26.9. The number of carboxylic acid groups (broad SMARTS) is 1. The summed E-state index contributed by atoms with van der Waals surface area (Å²) in [6, 6.07) is 3.40. The fourth-order valence-corrected chi connectivity index (χ4v) is 7.45. The molecule has 1 aromatic rings. The third-order valence-electron chi connectivity index (χ3n) is 10.7. The first-order chi connectivity index (χ1) is 19.7. The minimum Gasteiger partial charge on any atom is -0.507 e. The molecule has 9 unspecified atom stereocenters. The molecule has 0 bridgehead atoms. The van der Waals surface area contributed by atoms with E-state index < -0.39 is 29.2 Å². The Kier molecular flexibility index (Phi) is 11.3. The summed E-state index contributed by atoms with van der Waals surface area (Å²) in [7, 11) is 0. The zero-order chi connectivity index (χ0) is 31.6. The Hall–Kier alpha value is -2.00. The van der Waals surface area contributed by atoms with E-state index in [0.717, 1.165) is 12.8 Å². The fourth-order valence-electron chi connectivity index (χ4n) is 7.45. The molecule has 8 heteroatoms. The van der Waals surface area contributed by atoms with E-state index in [-0.39, 0.29) is 53.2 Å². The molecule has 1 aromatic carbocycles. The van der Waals surface area contributed by atoms with Crippen molar-refractivity contribution in [1.82, 2.24) is 0 Å². The Labute approximate surface area is 251 Å². The van der Waals surface area contributed by atoms with Crippen molar-refractivity contribution >= 4 is 11.8 Å². The van der Waals surface area contributed by atoms with Gasteiger partial charge in [-0.05, 0) is 88.2 Å². The number of aryl methyl sites for hydroxylation is 2. The molecule has 4 N–H and O–H groups in total. The second-order valence-corrected chi connectivity index (χ2v) is 13.2. The summed E-state index contributed by atoms with van der Waals surface area (Å²) in [5.74, 6) is -2.55. The highest BCUT2D eigenvalue weighted by molar-refractivity contribution is 5.93. The molecule has 0 spiro atoms. The van der Waals surface area contributed by atoms with Crippen LogP contribution in [0, 0.1) is 30.6 Å². The first-order valence-corrected chi connectivity index (χ1v) is 16.0. The van der Waals surface area contributed by atoms with Gasteiger partial charge >= 0.3 is 5.97 Å². The molecule has 2 saturated heterocycles. The van der Waals surface area contributed by atoms with E-state index in [4.69, 9.17) is 9.47 Å². The van der Waals surface area contributed by atoms with Crippen LogP contribution in [-0.2, 0) is 20.7 Å². The predicted octanol–water partition coefficient (Wildman–Crippen LogP) is 5.84. The predicted molar refractivity (Wildman–Crippen MR) is 162 cm³/mol. The monoisotopic (exact) mass is 590 g/mol.